The second kappa shape index (κ2) is 5.06. The standard InChI is InChI=1S/C6H14N2/c1-2-6(8)4-3-5-7/h6-7H,1-5,8H2. The van der Waals surface area contributed by atoms with Gasteiger partial charge in [-0.3, -0.25) is 5.73 Å². The minimum Gasteiger partial charge on any atom is -0.328 e. The molecular formula is C6H14N2. The molecule has 0 aromatic rings. The van der Waals surface area contributed by atoms with Crippen LogP contribution in [0.15, 0.2) is 0 Å². The molecule has 2 radical (unpaired) electrons. The van der Waals surface area contributed by atoms with Gasteiger partial charge in [0.1, 0.15) is 0 Å². The summed E-state index contributed by atoms with van der Waals surface area (Å²) in [6.45, 7) is 4.15. The molecule has 0 aliphatic carbocycles. The van der Waals surface area contributed by atoms with Crippen LogP contribution in [0, 0.1) is 6.92 Å². The molecule has 1 unspecified atom stereocenters. The van der Waals surface area contributed by atoms with Crippen molar-refractivity contribution in [1.82, 2.24) is 5.73 Å². The fraction of sp³-hybridized carbons (Fsp3) is 0.833. The summed E-state index contributed by atoms with van der Waals surface area (Å²) in [7, 11) is 0. The van der Waals surface area contributed by atoms with E-state index in [9.17, 15) is 0 Å². The molecule has 2 nitrogen and oxygen atoms in total. The SMILES string of the molecule is [CH2]CC(N)CCC[NH]. The van der Waals surface area contributed by atoms with Crippen LogP contribution >= 0.6 is 0 Å². The van der Waals surface area contributed by atoms with Crippen molar-refractivity contribution in [1.29, 1.82) is 0 Å². The highest BCUT2D eigenvalue weighted by Crippen LogP contribution is 1.95. The van der Waals surface area contributed by atoms with Crippen molar-refractivity contribution in [3.05, 3.63) is 6.92 Å². The van der Waals surface area contributed by atoms with Gasteiger partial charge in [-0.25, -0.2) is 0 Å². The van der Waals surface area contributed by atoms with E-state index >= 15 is 0 Å². The van der Waals surface area contributed by atoms with E-state index in [1.165, 1.54) is 0 Å². The zero-order valence-corrected chi connectivity index (χ0v) is 5.19. The molecule has 0 heterocycles. The number of hydrogen-bond acceptors (Lipinski definition) is 1. The van der Waals surface area contributed by atoms with Crippen LogP contribution in [0.1, 0.15) is 19.3 Å². The van der Waals surface area contributed by atoms with Gasteiger partial charge < -0.3 is 5.73 Å². The van der Waals surface area contributed by atoms with E-state index in [4.69, 9.17) is 11.5 Å². The van der Waals surface area contributed by atoms with Gasteiger partial charge in [0.25, 0.3) is 0 Å². The van der Waals surface area contributed by atoms with Crippen LogP contribution in [-0.4, -0.2) is 12.6 Å². The Labute approximate surface area is 51.2 Å². The van der Waals surface area contributed by atoms with Crippen molar-refractivity contribution in [2.45, 2.75) is 25.3 Å². The molecule has 0 saturated heterocycles. The molecule has 0 amide bonds. The Morgan fingerprint density at radius 3 is 2.62 bits per heavy atom. The fourth-order valence-electron chi connectivity index (χ4n) is 0.509. The van der Waals surface area contributed by atoms with E-state index in [-0.39, 0.29) is 6.04 Å². The Morgan fingerprint density at radius 2 is 2.25 bits per heavy atom. The maximum atomic E-state index is 6.80. The van der Waals surface area contributed by atoms with Crippen LogP contribution in [0.4, 0.5) is 0 Å². The van der Waals surface area contributed by atoms with Crippen LogP contribution in [0.5, 0.6) is 0 Å². The second-order valence-corrected chi connectivity index (χ2v) is 1.94. The molecule has 0 aliphatic rings. The van der Waals surface area contributed by atoms with Gasteiger partial charge in [-0.1, -0.05) is 6.92 Å². The number of nitrogens with two attached hydrogens (primary N) is 1. The van der Waals surface area contributed by atoms with E-state index < -0.39 is 0 Å². The highest BCUT2D eigenvalue weighted by atomic mass is 14.6. The molecule has 0 aliphatic heterocycles. The molecule has 2 heteroatoms. The van der Waals surface area contributed by atoms with Gasteiger partial charge in [-0.15, -0.1) is 0 Å². The third-order valence-corrected chi connectivity index (χ3v) is 1.12. The van der Waals surface area contributed by atoms with E-state index in [1.807, 2.05) is 0 Å². The van der Waals surface area contributed by atoms with Crippen molar-refractivity contribution in [3.63, 3.8) is 0 Å². The summed E-state index contributed by atoms with van der Waals surface area (Å²) in [6, 6.07) is 0.223. The number of hydrogen-bond donors (Lipinski definition) is 1. The van der Waals surface area contributed by atoms with Gasteiger partial charge in [0.05, 0.1) is 0 Å². The molecule has 0 rings (SSSR count). The van der Waals surface area contributed by atoms with Gasteiger partial charge in [-0.05, 0) is 19.3 Å². The van der Waals surface area contributed by atoms with Crippen LogP contribution < -0.4 is 11.5 Å². The zero-order chi connectivity index (χ0) is 6.41. The molecule has 48 valence electrons. The summed E-state index contributed by atoms with van der Waals surface area (Å²) >= 11 is 0. The van der Waals surface area contributed by atoms with Gasteiger partial charge in [0.15, 0.2) is 0 Å². The lowest BCUT2D eigenvalue weighted by Gasteiger charge is -2.04. The average Bonchev–Trinajstić information content (AvgIpc) is 1.83. The molecule has 0 aromatic heterocycles. The Morgan fingerprint density at radius 1 is 1.62 bits per heavy atom. The van der Waals surface area contributed by atoms with E-state index in [2.05, 4.69) is 6.92 Å². The maximum absolute atomic E-state index is 6.80. The first-order valence-corrected chi connectivity index (χ1v) is 3.00. The van der Waals surface area contributed by atoms with Crippen LogP contribution in [0.2, 0.25) is 0 Å². The predicted molar refractivity (Wildman–Crippen MR) is 35.1 cm³/mol. The van der Waals surface area contributed by atoms with Crippen LogP contribution in [0.3, 0.4) is 0 Å². The predicted octanol–water partition coefficient (Wildman–Crippen LogP) is 0.601. The summed E-state index contributed by atoms with van der Waals surface area (Å²) in [4.78, 5) is 0. The molecule has 0 saturated carbocycles. The molecule has 0 fully saturated rings. The summed E-state index contributed by atoms with van der Waals surface area (Å²) in [5.74, 6) is 0. The van der Waals surface area contributed by atoms with Gasteiger partial charge >= 0.3 is 0 Å². The number of nitrogens with one attached hydrogen (secondary N) is 1. The first kappa shape index (κ1) is 7.92. The van der Waals surface area contributed by atoms with Crippen molar-refractivity contribution < 1.29 is 0 Å². The lowest BCUT2D eigenvalue weighted by Crippen LogP contribution is -2.18. The first-order valence-electron chi connectivity index (χ1n) is 3.00. The molecule has 3 N–H and O–H groups in total. The third kappa shape index (κ3) is 4.09. The number of rotatable bonds is 4. The smallest absolute Gasteiger partial charge is 0.0100 e. The molecule has 8 heavy (non-hydrogen) atoms. The molecule has 0 bridgehead atoms. The monoisotopic (exact) mass is 114 g/mol. The lowest BCUT2D eigenvalue weighted by molar-refractivity contribution is 0.590. The van der Waals surface area contributed by atoms with E-state index in [1.54, 1.807) is 0 Å². The highest BCUT2D eigenvalue weighted by molar-refractivity contribution is 4.61. The Kier molecular flexibility index (Phi) is 5.01. The topological polar surface area (TPSA) is 49.8 Å². The van der Waals surface area contributed by atoms with Crippen molar-refractivity contribution in [3.8, 4) is 0 Å². The van der Waals surface area contributed by atoms with Crippen molar-refractivity contribution in [2.75, 3.05) is 6.54 Å². The Hall–Kier alpha value is -0.0800. The summed E-state index contributed by atoms with van der Waals surface area (Å²) in [5, 5.41) is 0. The molecule has 1 atom stereocenters. The maximum Gasteiger partial charge on any atom is 0.0100 e. The highest BCUT2D eigenvalue weighted by Gasteiger charge is 1.95. The van der Waals surface area contributed by atoms with Gasteiger partial charge in [-0.2, -0.15) is 0 Å². The normalized spacial score (nSPS) is 13.9. The average molecular weight is 114 g/mol. The van der Waals surface area contributed by atoms with E-state index in [0.717, 1.165) is 19.3 Å². The molecule has 0 aromatic carbocycles. The first-order chi connectivity index (χ1) is 3.81. The summed E-state index contributed by atoms with van der Waals surface area (Å²) in [6.07, 6.45) is 2.66. The fourth-order valence-corrected chi connectivity index (χ4v) is 0.509. The Bertz CT molecular complexity index is 45.8. The minimum atomic E-state index is 0.223. The largest absolute Gasteiger partial charge is 0.328 e. The van der Waals surface area contributed by atoms with Crippen molar-refractivity contribution in [2.24, 2.45) is 5.73 Å². The summed E-state index contributed by atoms with van der Waals surface area (Å²) in [5.41, 5.74) is 12.3. The van der Waals surface area contributed by atoms with E-state index in [0.29, 0.717) is 6.54 Å². The Balaban J connectivity index is 2.86. The third-order valence-electron chi connectivity index (χ3n) is 1.12. The molecule has 0 spiro atoms. The van der Waals surface area contributed by atoms with Gasteiger partial charge in [0, 0.05) is 12.6 Å². The quantitative estimate of drug-likeness (QED) is 0.571. The van der Waals surface area contributed by atoms with Gasteiger partial charge in [0.2, 0.25) is 0 Å². The summed E-state index contributed by atoms with van der Waals surface area (Å²) < 4.78 is 0. The van der Waals surface area contributed by atoms with Crippen LogP contribution in [-0.2, 0) is 0 Å². The second-order valence-electron chi connectivity index (χ2n) is 1.94. The lowest BCUT2D eigenvalue weighted by atomic mass is 10.1. The van der Waals surface area contributed by atoms with Crippen LogP contribution in [0.25, 0.3) is 0 Å². The van der Waals surface area contributed by atoms with Crippen molar-refractivity contribution >= 4 is 0 Å². The minimum absolute atomic E-state index is 0.223. The zero-order valence-electron chi connectivity index (χ0n) is 5.19. The molecular weight excluding hydrogens is 100 g/mol.